The van der Waals surface area contributed by atoms with Crippen LogP contribution in [0.4, 0.5) is 9.93 Å². The molecule has 0 unspecified atom stereocenters. The van der Waals surface area contributed by atoms with Gasteiger partial charge in [0.05, 0.1) is 10.6 Å². The number of thiazole rings is 1. The van der Waals surface area contributed by atoms with E-state index in [1.54, 1.807) is 32.1 Å². The van der Waals surface area contributed by atoms with Gasteiger partial charge in [0.2, 0.25) is 5.91 Å². The van der Waals surface area contributed by atoms with Crippen molar-refractivity contribution in [2.45, 2.75) is 32.8 Å². The summed E-state index contributed by atoms with van der Waals surface area (Å²) in [6.45, 7) is 5.57. The maximum Gasteiger partial charge on any atom is 0.407 e. The van der Waals surface area contributed by atoms with E-state index in [4.69, 9.17) is 4.74 Å². The number of rotatable bonds is 5. The molecule has 2 amide bonds. The summed E-state index contributed by atoms with van der Waals surface area (Å²) >= 11 is 2.98. The van der Waals surface area contributed by atoms with E-state index in [0.717, 1.165) is 10.6 Å². The third-order valence-corrected chi connectivity index (χ3v) is 4.19. The molecule has 0 aliphatic rings. The fourth-order valence-electron chi connectivity index (χ4n) is 1.64. The smallest absolute Gasteiger partial charge is 0.407 e. The van der Waals surface area contributed by atoms with E-state index in [9.17, 15) is 9.59 Å². The van der Waals surface area contributed by atoms with Crippen LogP contribution < -0.4 is 10.6 Å². The van der Waals surface area contributed by atoms with Gasteiger partial charge >= 0.3 is 6.09 Å². The van der Waals surface area contributed by atoms with Crippen molar-refractivity contribution in [3.63, 3.8) is 0 Å². The Kier molecular flexibility index (Phi) is 5.73. The van der Waals surface area contributed by atoms with Crippen LogP contribution in [-0.4, -0.2) is 29.1 Å². The first-order valence-electron chi connectivity index (χ1n) is 7.09. The zero-order valence-electron chi connectivity index (χ0n) is 13.2. The molecule has 0 atom stereocenters. The normalized spacial score (nSPS) is 11.1. The molecule has 0 aliphatic heterocycles. The zero-order valence-corrected chi connectivity index (χ0v) is 14.8. The van der Waals surface area contributed by atoms with E-state index in [2.05, 4.69) is 15.6 Å². The Balaban J connectivity index is 1.74. The quantitative estimate of drug-likeness (QED) is 0.858. The Morgan fingerprint density at radius 1 is 1.30 bits per heavy atom. The van der Waals surface area contributed by atoms with E-state index in [-0.39, 0.29) is 18.9 Å². The average Bonchev–Trinajstić information content (AvgIpc) is 3.06. The van der Waals surface area contributed by atoms with Gasteiger partial charge in [0.1, 0.15) is 5.60 Å². The summed E-state index contributed by atoms with van der Waals surface area (Å²) < 4.78 is 5.09. The van der Waals surface area contributed by atoms with Crippen molar-refractivity contribution in [2.24, 2.45) is 0 Å². The molecule has 2 rings (SSSR count). The molecule has 0 aromatic carbocycles. The minimum Gasteiger partial charge on any atom is -0.444 e. The third kappa shape index (κ3) is 5.99. The first-order chi connectivity index (χ1) is 10.8. The van der Waals surface area contributed by atoms with Crippen LogP contribution in [0.3, 0.4) is 0 Å². The van der Waals surface area contributed by atoms with Crippen molar-refractivity contribution in [3.05, 3.63) is 22.9 Å². The second kappa shape index (κ2) is 7.56. The first kappa shape index (κ1) is 17.4. The number of nitrogens with zero attached hydrogens (tertiary/aromatic N) is 1. The van der Waals surface area contributed by atoms with Crippen molar-refractivity contribution in [3.8, 4) is 10.6 Å². The summed E-state index contributed by atoms with van der Waals surface area (Å²) in [5.74, 6) is -0.201. The van der Waals surface area contributed by atoms with Gasteiger partial charge in [-0.1, -0.05) is 6.07 Å². The van der Waals surface area contributed by atoms with Gasteiger partial charge in [-0.15, -0.1) is 22.7 Å². The van der Waals surface area contributed by atoms with Crippen molar-refractivity contribution in [1.29, 1.82) is 0 Å². The van der Waals surface area contributed by atoms with Crippen LogP contribution in [-0.2, 0) is 9.53 Å². The molecule has 0 aliphatic carbocycles. The number of alkyl carbamates (subject to hydrolysis) is 1. The molecule has 23 heavy (non-hydrogen) atoms. The molecule has 8 heteroatoms. The number of hydrogen-bond acceptors (Lipinski definition) is 6. The van der Waals surface area contributed by atoms with E-state index >= 15 is 0 Å². The highest BCUT2D eigenvalue weighted by molar-refractivity contribution is 7.16. The molecule has 124 valence electrons. The van der Waals surface area contributed by atoms with E-state index in [1.807, 2.05) is 22.9 Å². The molecule has 2 heterocycles. The van der Waals surface area contributed by atoms with Crippen LogP contribution in [0.25, 0.3) is 10.6 Å². The lowest BCUT2D eigenvalue weighted by molar-refractivity contribution is -0.116. The highest BCUT2D eigenvalue weighted by Crippen LogP contribution is 2.28. The van der Waals surface area contributed by atoms with Crippen molar-refractivity contribution >= 4 is 39.8 Å². The Bertz CT molecular complexity index is 660. The van der Waals surface area contributed by atoms with Crippen LogP contribution in [0.15, 0.2) is 22.9 Å². The highest BCUT2D eigenvalue weighted by Gasteiger charge is 2.16. The number of thiophene rings is 1. The van der Waals surface area contributed by atoms with Crippen molar-refractivity contribution in [2.75, 3.05) is 11.9 Å². The molecule has 0 bridgehead atoms. The van der Waals surface area contributed by atoms with Gasteiger partial charge in [0.15, 0.2) is 5.13 Å². The summed E-state index contributed by atoms with van der Waals surface area (Å²) in [4.78, 5) is 28.7. The molecule has 0 fully saturated rings. The standard InChI is InChI=1S/C15H19N3O3S2/c1-15(2,3)21-14(20)16-7-6-12(19)18-13-17-10(9-23-13)11-5-4-8-22-11/h4-5,8-9H,6-7H2,1-3H3,(H,16,20)(H,17,18,19). The lowest BCUT2D eigenvalue weighted by Crippen LogP contribution is -2.34. The maximum absolute atomic E-state index is 11.8. The van der Waals surface area contributed by atoms with Gasteiger partial charge in [-0.05, 0) is 32.2 Å². The second-order valence-corrected chi connectivity index (χ2v) is 7.55. The number of ether oxygens (including phenoxy) is 1. The van der Waals surface area contributed by atoms with Gasteiger partial charge in [0.25, 0.3) is 0 Å². The third-order valence-electron chi connectivity index (χ3n) is 2.54. The van der Waals surface area contributed by atoms with Crippen LogP contribution in [0.5, 0.6) is 0 Å². The molecule has 2 N–H and O–H groups in total. The van der Waals surface area contributed by atoms with Crippen molar-refractivity contribution in [1.82, 2.24) is 10.3 Å². The van der Waals surface area contributed by atoms with Gasteiger partial charge in [0, 0.05) is 18.3 Å². The van der Waals surface area contributed by atoms with E-state index in [1.165, 1.54) is 11.3 Å². The summed E-state index contributed by atoms with van der Waals surface area (Å²) in [5, 5.41) is 9.71. The molecular formula is C15H19N3O3S2. The number of aromatic nitrogens is 1. The highest BCUT2D eigenvalue weighted by atomic mass is 32.1. The number of anilines is 1. The monoisotopic (exact) mass is 353 g/mol. The Labute approximate surface area is 142 Å². The molecule has 2 aromatic rings. The number of nitrogens with one attached hydrogen (secondary N) is 2. The molecule has 0 spiro atoms. The topological polar surface area (TPSA) is 80.3 Å². The zero-order chi connectivity index (χ0) is 16.9. The van der Waals surface area contributed by atoms with Crippen molar-refractivity contribution < 1.29 is 14.3 Å². The Hall–Kier alpha value is -1.93. The maximum atomic E-state index is 11.8. The van der Waals surface area contributed by atoms with Crippen LogP contribution >= 0.6 is 22.7 Å². The lowest BCUT2D eigenvalue weighted by atomic mass is 10.2. The number of carbonyl (C=O) groups excluding carboxylic acids is 2. The second-order valence-electron chi connectivity index (χ2n) is 5.74. The molecule has 0 radical (unpaired) electrons. The van der Waals surface area contributed by atoms with E-state index < -0.39 is 11.7 Å². The number of amides is 2. The molecule has 0 saturated heterocycles. The predicted molar refractivity (Wildman–Crippen MR) is 92.9 cm³/mol. The lowest BCUT2D eigenvalue weighted by Gasteiger charge is -2.19. The van der Waals surface area contributed by atoms with Gasteiger partial charge in [-0.25, -0.2) is 9.78 Å². The molecular weight excluding hydrogens is 334 g/mol. The first-order valence-corrected chi connectivity index (χ1v) is 8.85. The van der Waals surface area contributed by atoms with Crippen LogP contribution in [0.1, 0.15) is 27.2 Å². The summed E-state index contributed by atoms with van der Waals surface area (Å²) in [7, 11) is 0. The molecule has 2 aromatic heterocycles. The fraction of sp³-hybridized carbons (Fsp3) is 0.400. The summed E-state index contributed by atoms with van der Waals surface area (Å²) in [6, 6.07) is 3.94. The minimum atomic E-state index is -0.550. The predicted octanol–water partition coefficient (Wildman–Crippen LogP) is 3.72. The van der Waals surface area contributed by atoms with E-state index in [0.29, 0.717) is 5.13 Å². The molecule has 6 nitrogen and oxygen atoms in total. The molecule has 0 saturated carbocycles. The van der Waals surface area contributed by atoms with Gasteiger partial charge < -0.3 is 15.4 Å². The van der Waals surface area contributed by atoms with Crippen LogP contribution in [0, 0.1) is 0 Å². The number of hydrogen-bond donors (Lipinski definition) is 2. The Morgan fingerprint density at radius 3 is 2.74 bits per heavy atom. The number of carbonyl (C=O) groups is 2. The fourth-order valence-corrected chi connectivity index (χ4v) is 3.13. The van der Waals surface area contributed by atoms with Gasteiger partial charge in [-0.2, -0.15) is 0 Å². The summed E-state index contributed by atoms with van der Waals surface area (Å²) in [6.07, 6.45) is -0.368. The van der Waals surface area contributed by atoms with Crippen LogP contribution in [0.2, 0.25) is 0 Å². The van der Waals surface area contributed by atoms with Gasteiger partial charge in [-0.3, -0.25) is 4.79 Å². The average molecular weight is 353 g/mol. The largest absolute Gasteiger partial charge is 0.444 e. The SMILES string of the molecule is CC(C)(C)OC(=O)NCCC(=O)Nc1nc(-c2cccs2)cs1. The Morgan fingerprint density at radius 2 is 2.09 bits per heavy atom. The minimum absolute atomic E-state index is 0.160. The summed E-state index contributed by atoms with van der Waals surface area (Å²) in [5.41, 5.74) is 0.304.